The predicted octanol–water partition coefficient (Wildman–Crippen LogP) is 4.59. The smallest absolute Gasteiger partial charge is 0.261 e. The number of aromatic amines is 1. The number of rotatable bonds is 3. The van der Waals surface area contributed by atoms with Crippen LogP contribution in [0, 0.1) is 5.82 Å². The Labute approximate surface area is 171 Å². The zero-order valence-corrected chi connectivity index (χ0v) is 16.0. The Hall–Kier alpha value is -4.13. The highest BCUT2D eigenvalue weighted by Crippen LogP contribution is 2.32. The van der Waals surface area contributed by atoms with Crippen molar-refractivity contribution in [2.45, 2.75) is 0 Å². The van der Waals surface area contributed by atoms with Crippen molar-refractivity contribution in [3.63, 3.8) is 0 Å². The van der Waals surface area contributed by atoms with Crippen LogP contribution in [0.25, 0.3) is 33.2 Å². The van der Waals surface area contributed by atoms with E-state index in [2.05, 4.69) is 19.9 Å². The highest BCUT2D eigenvalue weighted by atomic mass is 19.1. The number of pyridine rings is 3. The van der Waals surface area contributed by atoms with Gasteiger partial charge in [0.05, 0.1) is 29.2 Å². The molecule has 4 aromatic heterocycles. The van der Waals surface area contributed by atoms with Gasteiger partial charge in [-0.3, -0.25) is 14.8 Å². The summed E-state index contributed by atoms with van der Waals surface area (Å²) in [4.78, 5) is 30.6. The number of anilines is 1. The molecule has 5 rings (SSSR count). The van der Waals surface area contributed by atoms with Crippen LogP contribution in [0.4, 0.5) is 10.1 Å². The van der Waals surface area contributed by atoms with E-state index < -0.39 is 11.7 Å². The van der Waals surface area contributed by atoms with Crippen LogP contribution in [0.5, 0.6) is 0 Å². The molecule has 0 fully saturated rings. The lowest BCUT2D eigenvalue weighted by molar-refractivity contribution is 0.0991. The van der Waals surface area contributed by atoms with Gasteiger partial charge in [-0.15, -0.1) is 0 Å². The molecule has 6 nitrogen and oxygen atoms in total. The molecule has 5 aromatic rings. The average molecular weight is 397 g/mol. The van der Waals surface area contributed by atoms with E-state index in [0.29, 0.717) is 33.3 Å². The summed E-state index contributed by atoms with van der Waals surface area (Å²) in [5.41, 5.74) is 3.25. The van der Waals surface area contributed by atoms with E-state index in [1.54, 1.807) is 37.8 Å². The molecule has 30 heavy (non-hydrogen) atoms. The minimum atomic E-state index is -0.670. The zero-order valence-electron chi connectivity index (χ0n) is 16.0. The van der Waals surface area contributed by atoms with E-state index in [4.69, 9.17) is 0 Å². The summed E-state index contributed by atoms with van der Waals surface area (Å²) < 4.78 is 14.9. The number of carbonyl (C=O) groups is 1. The van der Waals surface area contributed by atoms with Crippen LogP contribution in [0.2, 0.25) is 0 Å². The maximum absolute atomic E-state index is 14.9. The molecule has 0 unspecified atom stereocenters. The molecule has 0 aliphatic heterocycles. The van der Waals surface area contributed by atoms with Crippen LogP contribution in [0.3, 0.4) is 0 Å². The topological polar surface area (TPSA) is 74.8 Å². The Morgan fingerprint density at radius 1 is 1.03 bits per heavy atom. The summed E-state index contributed by atoms with van der Waals surface area (Å²) in [6, 6.07) is 14.7. The molecule has 0 saturated heterocycles. The highest BCUT2D eigenvalue weighted by Gasteiger charge is 2.24. The first-order valence-electron chi connectivity index (χ1n) is 9.33. The van der Waals surface area contributed by atoms with E-state index in [0.717, 1.165) is 11.8 Å². The molecular formula is C23H16FN5O. The van der Waals surface area contributed by atoms with Gasteiger partial charge < -0.3 is 9.88 Å². The van der Waals surface area contributed by atoms with Crippen molar-refractivity contribution in [1.29, 1.82) is 0 Å². The van der Waals surface area contributed by atoms with E-state index in [1.807, 2.05) is 36.4 Å². The van der Waals surface area contributed by atoms with Gasteiger partial charge in [-0.05, 0) is 30.3 Å². The number of amides is 1. The molecule has 1 aromatic carbocycles. The summed E-state index contributed by atoms with van der Waals surface area (Å²) >= 11 is 0. The first-order valence-corrected chi connectivity index (χ1v) is 9.33. The number of nitrogens with zero attached hydrogens (tertiary/aromatic N) is 4. The van der Waals surface area contributed by atoms with Crippen LogP contribution in [0.1, 0.15) is 10.4 Å². The Bertz CT molecular complexity index is 1380. The lowest BCUT2D eigenvalue weighted by atomic mass is 10.1. The number of halogens is 1. The third kappa shape index (κ3) is 2.88. The van der Waals surface area contributed by atoms with Crippen LogP contribution in [-0.4, -0.2) is 32.9 Å². The molecule has 1 N–H and O–H groups in total. The molecule has 0 radical (unpaired) electrons. The molecule has 1 amide bonds. The molecule has 7 heteroatoms. The maximum atomic E-state index is 14.9. The Balaban J connectivity index is 1.73. The van der Waals surface area contributed by atoms with Gasteiger partial charge in [0, 0.05) is 41.5 Å². The van der Waals surface area contributed by atoms with Gasteiger partial charge in [0.25, 0.3) is 5.91 Å². The molecule has 0 saturated carbocycles. The largest absolute Gasteiger partial charge is 0.338 e. The fourth-order valence-corrected chi connectivity index (χ4v) is 3.55. The minimum Gasteiger partial charge on any atom is -0.338 e. The molecule has 146 valence electrons. The van der Waals surface area contributed by atoms with Crippen molar-refractivity contribution in [3.05, 3.63) is 84.7 Å². The third-order valence-electron chi connectivity index (χ3n) is 5.08. The van der Waals surface area contributed by atoms with Gasteiger partial charge >= 0.3 is 0 Å². The Kier molecular flexibility index (Phi) is 4.21. The Morgan fingerprint density at radius 3 is 2.63 bits per heavy atom. The van der Waals surface area contributed by atoms with Crippen molar-refractivity contribution >= 4 is 33.5 Å². The van der Waals surface area contributed by atoms with Crippen molar-refractivity contribution in [2.24, 2.45) is 0 Å². The van der Waals surface area contributed by atoms with Crippen molar-refractivity contribution in [2.75, 3.05) is 11.9 Å². The monoisotopic (exact) mass is 397 g/mol. The summed E-state index contributed by atoms with van der Waals surface area (Å²) in [5, 5.41) is 1.11. The second-order valence-electron chi connectivity index (χ2n) is 6.89. The second-order valence-corrected chi connectivity index (χ2v) is 6.89. The highest BCUT2D eigenvalue weighted by molar-refractivity contribution is 6.20. The van der Waals surface area contributed by atoms with Crippen molar-refractivity contribution in [1.82, 2.24) is 19.9 Å². The average Bonchev–Trinajstić information content (AvgIpc) is 3.17. The van der Waals surface area contributed by atoms with E-state index in [-0.39, 0.29) is 5.56 Å². The summed E-state index contributed by atoms with van der Waals surface area (Å²) in [6.45, 7) is 0. The van der Waals surface area contributed by atoms with Crippen molar-refractivity contribution in [3.8, 4) is 11.3 Å². The van der Waals surface area contributed by atoms with Gasteiger partial charge in [-0.25, -0.2) is 9.37 Å². The van der Waals surface area contributed by atoms with E-state index in [1.165, 1.54) is 4.90 Å². The first-order chi connectivity index (χ1) is 14.6. The summed E-state index contributed by atoms with van der Waals surface area (Å²) in [7, 11) is 1.63. The number of fused-ring (bicyclic) bond motifs is 3. The van der Waals surface area contributed by atoms with Crippen LogP contribution in [-0.2, 0) is 0 Å². The van der Waals surface area contributed by atoms with Gasteiger partial charge in [0.15, 0.2) is 5.82 Å². The fraction of sp³-hybridized carbons (Fsp3) is 0.0435. The summed E-state index contributed by atoms with van der Waals surface area (Å²) in [6.07, 6.45) is 6.12. The number of benzene rings is 1. The van der Waals surface area contributed by atoms with E-state index in [9.17, 15) is 9.18 Å². The number of nitrogens with one attached hydrogen (secondary N) is 1. The second kappa shape index (κ2) is 7.04. The standard InChI is InChI=1S/C23H16FN5O/c1-29(15-7-3-2-4-8-15)23(30)21-17(24)12-27-22-20(21)16-10-18(26-13-19(16)28-22)14-6-5-9-25-11-14/h2-13H,1H3,(H,27,28). The normalized spacial score (nSPS) is 11.1. The molecule has 0 aliphatic carbocycles. The molecular weight excluding hydrogens is 381 g/mol. The predicted molar refractivity (Wildman–Crippen MR) is 114 cm³/mol. The number of hydrogen-bond donors (Lipinski definition) is 1. The third-order valence-corrected chi connectivity index (χ3v) is 5.08. The molecule has 0 bridgehead atoms. The van der Waals surface area contributed by atoms with Gasteiger partial charge in [0.2, 0.25) is 0 Å². The SMILES string of the molecule is CN(C(=O)c1c(F)cnc2[nH]c3cnc(-c4cccnc4)cc3c12)c1ccccc1. The molecule has 0 spiro atoms. The van der Waals surface area contributed by atoms with Gasteiger partial charge in [0.1, 0.15) is 5.65 Å². The Morgan fingerprint density at radius 2 is 1.87 bits per heavy atom. The lowest BCUT2D eigenvalue weighted by Gasteiger charge is -2.18. The molecule has 0 atom stereocenters. The quantitative estimate of drug-likeness (QED) is 0.483. The molecule has 0 aliphatic rings. The number of H-pyrrole nitrogens is 1. The first kappa shape index (κ1) is 17.9. The van der Waals surface area contributed by atoms with Crippen molar-refractivity contribution < 1.29 is 9.18 Å². The minimum absolute atomic E-state index is 0.0269. The molecule has 4 heterocycles. The van der Waals surface area contributed by atoms with Crippen LogP contribution >= 0.6 is 0 Å². The lowest BCUT2D eigenvalue weighted by Crippen LogP contribution is -2.27. The van der Waals surface area contributed by atoms with Gasteiger partial charge in [-0.2, -0.15) is 0 Å². The maximum Gasteiger partial charge on any atom is 0.261 e. The number of para-hydroxylation sites is 1. The van der Waals surface area contributed by atoms with Gasteiger partial charge in [-0.1, -0.05) is 18.2 Å². The van der Waals surface area contributed by atoms with E-state index >= 15 is 0 Å². The number of carbonyl (C=O) groups excluding carboxylic acids is 1. The zero-order chi connectivity index (χ0) is 20.7. The number of hydrogen-bond acceptors (Lipinski definition) is 4. The summed E-state index contributed by atoms with van der Waals surface area (Å²) in [5.74, 6) is -1.12. The number of aromatic nitrogens is 4. The fourth-order valence-electron chi connectivity index (χ4n) is 3.55. The van der Waals surface area contributed by atoms with Crippen LogP contribution in [0.15, 0.2) is 73.3 Å². The van der Waals surface area contributed by atoms with Crippen LogP contribution < -0.4 is 4.90 Å².